The standard InChI is InChI=1S/C21H14ClN3O3/c22-14-8-9-21(26)16(11-14)20-12-19(13-4-3-5-15(10-13)25(27)28)23-17-6-1-2-7-18(17)24-20/h1-11,26H,12H2. The van der Waals surface area contributed by atoms with Crippen molar-refractivity contribution >= 4 is 40.1 Å². The zero-order chi connectivity index (χ0) is 19.7. The predicted octanol–water partition coefficient (Wildman–Crippen LogP) is 5.60. The maximum absolute atomic E-state index is 11.2. The summed E-state index contributed by atoms with van der Waals surface area (Å²) >= 11 is 6.11. The number of para-hydroxylation sites is 2. The monoisotopic (exact) mass is 391 g/mol. The van der Waals surface area contributed by atoms with Crippen LogP contribution in [0.15, 0.2) is 76.7 Å². The number of nitro groups is 1. The minimum absolute atomic E-state index is 0.0122. The van der Waals surface area contributed by atoms with Gasteiger partial charge in [-0.15, -0.1) is 0 Å². The number of phenolic OH excluding ortho intramolecular Hbond substituents is 1. The highest BCUT2D eigenvalue weighted by atomic mass is 35.5. The Morgan fingerprint density at radius 1 is 0.929 bits per heavy atom. The molecule has 1 aliphatic heterocycles. The van der Waals surface area contributed by atoms with Crippen LogP contribution in [0.4, 0.5) is 17.1 Å². The number of non-ortho nitro benzene ring substituents is 1. The minimum atomic E-state index is -0.438. The molecular weight excluding hydrogens is 378 g/mol. The third-order valence-electron chi connectivity index (χ3n) is 4.39. The maximum Gasteiger partial charge on any atom is 0.270 e. The van der Waals surface area contributed by atoms with Crippen molar-refractivity contribution in [3.8, 4) is 5.75 Å². The average molecular weight is 392 g/mol. The van der Waals surface area contributed by atoms with Crippen LogP contribution in [0.2, 0.25) is 5.02 Å². The molecule has 28 heavy (non-hydrogen) atoms. The topological polar surface area (TPSA) is 88.1 Å². The van der Waals surface area contributed by atoms with Crippen LogP contribution in [0, 0.1) is 10.1 Å². The summed E-state index contributed by atoms with van der Waals surface area (Å²) in [5, 5.41) is 22.0. The molecule has 0 saturated carbocycles. The Bertz CT molecular complexity index is 1160. The van der Waals surface area contributed by atoms with Crippen molar-refractivity contribution in [3.05, 3.63) is 93.0 Å². The summed E-state index contributed by atoms with van der Waals surface area (Å²) in [6, 6.07) is 18.5. The minimum Gasteiger partial charge on any atom is -0.507 e. The fraction of sp³-hybridized carbons (Fsp3) is 0.0476. The van der Waals surface area contributed by atoms with Gasteiger partial charge in [-0.25, -0.2) is 0 Å². The number of benzene rings is 3. The zero-order valence-corrected chi connectivity index (χ0v) is 15.3. The van der Waals surface area contributed by atoms with E-state index in [1.165, 1.54) is 18.2 Å². The van der Waals surface area contributed by atoms with Gasteiger partial charge in [-0.1, -0.05) is 35.9 Å². The van der Waals surface area contributed by atoms with E-state index >= 15 is 0 Å². The van der Waals surface area contributed by atoms with E-state index in [0.717, 1.165) is 0 Å². The summed E-state index contributed by atoms with van der Waals surface area (Å²) in [5.41, 5.74) is 3.61. The van der Waals surface area contributed by atoms with Gasteiger partial charge in [0.25, 0.3) is 5.69 Å². The number of aromatic hydroxyl groups is 1. The van der Waals surface area contributed by atoms with E-state index in [-0.39, 0.29) is 17.9 Å². The summed E-state index contributed by atoms with van der Waals surface area (Å²) in [6.07, 6.45) is 0.281. The van der Waals surface area contributed by atoms with Crippen molar-refractivity contribution in [1.29, 1.82) is 0 Å². The van der Waals surface area contributed by atoms with Crippen LogP contribution in [0.1, 0.15) is 17.5 Å². The molecule has 6 nitrogen and oxygen atoms in total. The third kappa shape index (κ3) is 3.50. The molecule has 0 fully saturated rings. The number of fused-ring (bicyclic) bond motifs is 1. The Labute approximate surface area is 165 Å². The number of aliphatic imine (C=N–C) groups is 2. The van der Waals surface area contributed by atoms with Gasteiger partial charge >= 0.3 is 0 Å². The molecule has 0 unspecified atom stereocenters. The molecular formula is C21H14ClN3O3. The second kappa shape index (κ2) is 7.25. The molecule has 1 N–H and O–H groups in total. The SMILES string of the molecule is O=[N+]([O-])c1cccc(C2=Nc3ccccc3N=C(c3cc(Cl)ccc3O)C2)c1. The molecule has 0 aliphatic carbocycles. The molecule has 0 amide bonds. The molecule has 3 aromatic rings. The Balaban J connectivity index is 1.89. The first-order chi connectivity index (χ1) is 13.5. The van der Waals surface area contributed by atoms with Crippen LogP contribution < -0.4 is 0 Å². The average Bonchev–Trinajstić information content (AvgIpc) is 2.89. The van der Waals surface area contributed by atoms with Gasteiger partial charge in [0.05, 0.1) is 27.7 Å². The maximum atomic E-state index is 11.2. The van der Waals surface area contributed by atoms with Gasteiger partial charge in [-0.2, -0.15) is 0 Å². The highest BCUT2D eigenvalue weighted by Crippen LogP contribution is 2.34. The Kier molecular flexibility index (Phi) is 4.63. The van der Waals surface area contributed by atoms with Crippen molar-refractivity contribution in [3.63, 3.8) is 0 Å². The van der Waals surface area contributed by atoms with Gasteiger partial charge in [-0.05, 0) is 30.3 Å². The highest BCUT2D eigenvalue weighted by molar-refractivity contribution is 6.31. The molecule has 0 atom stereocenters. The molecule has 0 radical (unpaired) electrons. The summed E-state index contributed by atoms with van der Waals surface area (Å²) in [5.74, 6) is 0.0564. The first-order valence-electron chi connectivity index (χ1n) is 8.49. The fourth-order valence-corrected chi connectivity index (χ4v) is 3.21. The molecule has 3 aromatic carbocycles. The Hall–Kier alpha value is -3.51. The van der Waals surface area contributed by atoms with E-state index in [9.17, 15) is 15.2 Å². The van der Waals surface area contributed by atoms with Gasteiger partial charge < -0.3 is 5.11 Å². The Morgan fingerprint density at radius 2 is 1.64 bits per heavy atom. The lowest BCUT2D eigenvalue weighted by atomic mass is 9.99. The van der Waals surface area contributed by atoms with Crippen LogP contribution in [0.5, 0.6) is 5.75 Å². The van der Waals surface area contributed by atoms with Crippen LogP contribution in [0.3, 0.4) is 0 Å². The normalized spacial score (nSPS) is 13.2. The van der Waals surface area contributed by atoms with Gasteiger partial charge in [-0.3, -0.25) is 20.1 Å². The summed E-state index contributed by atoms with van der Waals surface area (Å²) in [7, 11) is 0. The van der Waals surface area contributed by atoms with E-state index < -0.39 is 4.92 Å². The molecule has 4 rings (SSSR count). The van der Waals surface area contributed by atoms with Gasteiger partial charge in [0.2, 0.25) is 0 Å². The number of hydrogen-bond donors (Lipinski definition) is 1. The molecule has 7 heteroatoms. The number of hydrogen-bond acceptors (Lipinski definition) is 5. The van der Waals surface area contributed by atoms with Gasteiger partial charge in [0.1, 0.15) is 5.75 Å². The van der Waals surface area contributed by atoms with E-state index in [4.69, 9.17) is 21.6 Å². The second-order valence-electron chi connectivity index (χ2n) is 6.25. The van der Waals surface area contributed by atoms with Crippen LogP contribution in [0.25, 0.3) is 0 Å². The van der Waals surface area contributed by atoms with E-state index in [2.05, 4.69) is 0 Å². The van der Waals surface area contributed by atoms with Gasteiger partial charge in [0.15, 0.2) is 0 Å². The van der Waals surface area contributed by atoms with Crippen LogP contribution >= 0.6 is 11.6 Å². The van der Waals surface area contributed by atoms with E-state index in [1.807, 2.05) is 24.3 Å². The first kappa shape index (κ1) is 17.9. The molecule has 0 aromatic heterocycles. The largest absolute Gasteiger partial charge is 0.507 e. The zero-order valence-electron chi connectivity index (χ0n) is 14.5. The smallest absolute Gasteiger partial charge is 0.270 e. The quantitative estimate of drug-likeness (QED) is 0.465. The molecule has 138 valence electrons. The molecule has 0 spiro atoms. The lowest BCUT2D eigenvalue weighted by molar-refractivity contribution is -0.384. The summed E-state index contributed by atoms with van der Waals surface area (Å²) < 4.78 is 0. The lowest BCUT2D eigenvalue weighted by Gasteiger charge is -2.10. The molecule has 0 bridgehead atoms. The highest BCUT2D eigenvalue weighted by Gasteiger charge is 2.20. The molecule has 1 heterocycles. The predicted molar refractivity (Wildman–Crippen MR) is 110 cm³/mol. The number of halogens is 1. The number of nitro benzene ring substituents is 1. The van der Waals surface area contributed by atoms with Crippen molar-refractivity contribution < 1.29 is 10.0 Å². The molecule has 0 saturated heterocycles. The van der Waals surface area contributed by atoms with Gasteiger partial charge in [0, 0.05) is 34.7 Å². The molecule has 1 aliphatic rings. The number of phenols is 1. The summed E-state index contributed by atoms with van der Waals surface area (Å²) in [4.78, 5) is 20.1. The van der Waals surface area contributed by atoms with E-state index in [0.29, 0.717) is 38.9 Å². The lowest BCUT2D eigenvalue weighted by Crippen LogP contribution is -2.10. The van der Waals surface area contributed by atoms with Crippen molar-refractivity contribution in [1.82, 2.24) is 0 Å². The Morgan fingerprint density at radius 3 is 2.36 bits per heavy atom. The summed E-state index contributed by atoms with van der Waals surface area (Å²) in [6.45, 7) is 0. The number of rotatable bonds is 3. The van der Waals surface area contributed by atoms with Crippen molar-refractivity contribution in [2.45, 2.75) is 6.42 Å². The third-order valence-corrected chi connectivity index (χ3v) is 4.62. The first-order valence-corrected chi connectivity index (χ1v) is 8.87. The van der Waals surface area contributed by atoms with Crippen LogP contribution in [-0.4, -0.2) is 21.5 Å². The van der Waals surface area contributed by atoms with E-state index in [1.54, 1.807) is 24.3 Å². The van der Waals surface area contributed by atoms with Crippen molar-refractivity contribution in [2.75, 3.05) is 0 Å². The van der Waals surface area contributed by atoms with Crippen molar-refractivity contribution in [2.24, 2.45) is 9.98 Å². The van der Waals surface area contributed by atoms with Crippen LogP contribution in [-0.2, 0) is 0 Å². The fourth-order valence-electron chi connectivity index (χ4n) is 3.04. The number of nitrogens with zero attached hydrogens (tertiary/aromatic N) is 3. The second-order valence-corrected chi connectivity index (χ2v) is 6.69.